The number of halogens is 1. The molecule has 4 nitrogen and oxygen atoms in total. The predicted molar refractivity (Wildman–Crippen MR) is 109 cm³/mol. The largest absolute Gasteiger partial charge is 0.426 e. The molecule has 0 unspecified atom stereocenters. The highest BCUT2D eigenvalue weighted by atomic mass is 32.2. The van der Waals surface area contributed by atoms with Gasteiger partial charge in [-0.1, -0.05) is 11.8 Å². The standard InChI is InChI=1S/C23H23FO4S/c1-15(25)28-22-6-3-16-11-19(4-5-21(16)22)29-20-13-17(12-18(24)14-20)23(26-2)7-9-27-10-8-23/h4-6,11-14H,3,7-10H2,1-2H3. The number of allylic oxidation sites excluding steroid dienone is 1. The average molecular weight is 414 g/mol. The summed E-state index contributed by atoms with van der Waals surface area (Å²) in [5.41, 5.74) is 2.38. The fraction of sp³-hybridized carbons (Fsp3) is 0.348. The van der Waals surface area contributed by atoms with Crippen LogP contribution in [0.15, 0.2) is 52.3 Å². The van der Waals surface area contributed by atoms with Gasteiger partial charge in [0.2, 0.25) is 0 Å². The van der Waals surface area contributed by atoms with Gasteiger partial charge in [-0.25, -0.2) is 4.39 Å². The lowest BCUT2D eigenvalue weighted by Crippen LogP contribution is -2.35. The van der Waals surface area contributed by atoms with Crippen molar-refractivity contribution in [3.05, 3.63) is 65.0 Å². The molecule has 0 radical (unpaired) electrons. The average Bonchev–Trinajstić information content (AvgIpc) is 3.09. The van der Waals surface area contributed by atoms with Crippen molar-refractivity contribution in [1.29, 1.82) is 0 Å². The Bertz CT molecular complexity index is 963. The Balaban J connectivity index is 1.58. The quantitative estimate of drug-likeness (QED) is 0.638. The highest BCUT2D eigenvalue weighted by molar-refractivity contribution is 7.99. The number of carbonyl (C=O) groups is 1. The van der Waals surface area contributed by atoms with Crippen LogP contribution in [-0.2, 0) is 31.0 Å². The molecule has 1 aliphatic carbocycles. The number of benzene rings is 2. The number of esters is 1. The SMILES string of the molecule is COC1(c2cc(F)cc(Sc3ccc4c(c3)CC=C4OC(C)=O)c2)CCOCC1. The molecule has 0 spiro atoms. The Kier molecular flexibility index (Phi) is 5.76. The van der Waals surface area contributed by atoms with Gasteiger partial charge < -0.3 is 14.2 Å². The van der Waals surface area contributed by atoms with Gasteiger partial charge in [0, 0.05) is 55.4 Å². The molecule has 1 fully saturated rings. The lowest BCUT2D eigenvalue weighted by molar-refractivity contribution is -0.134. The molecule has 2 aliphatic rings. The first kappa shape index (κ1) is 20.1. The van der Waals surface area contributed by atoms with Gasteiger partial charge >= 0.3 is 5.97 Å². The topological polar surface area (TPSA) is 44.8 Å². The molecule has 6 heteroatoms. The summed E-state index contributed by atoms with van der Waals surface area (Å²) in [7, 11) is 1.68. The summed E-state index contributed by atoms with van der Waals surface area (Å²) < 4.78 is 31.0. The molecule has 4 rings (SSSR count). The monoisotopic (exact) mass is 414 g/mol. The number of rotatable bonds is 5. The second kappa shape index (κ2) is 8.30. The summed E-state index contributed by atoms with van der Waals surface area (Å²) in [6.07, 6.45) is 4.04. The van der Waals surface area contributed by atoms with Crippen LogP contribution in [0, 0.1) is 5.82 Å². The minimum atomic E-state index is -0.504. The van der Waals surface area contributed by atoms with Crippen molar-refractivity contribution in [2.45, 2.75) is 41.6 Å². The van der Waals surface area contributed by atoms with E-state index in [0.717, 1.165) is 26.5 Å². The molecule has 1 heterocycles. The number of fused-ring (bicyclic) bond motifs is 1. The van der Waals surface area contributed by atoms with E-state index in [-0.39, 0.29) is 11.8 Å². The van der Waals surface area contributed by atoms with Crippen LogP contribution in [0.4, 0.5) is 4.39 Å². The van der Waals surface area contributed by atoms with E-state index in [1.54, 1.807) is 19.2 Å². The first-order chi connectivity index (χ1) is 14.0. The molecule has 0 aromatic heterocycles. The minimum Gasteiger partial charge on any atom is -0.426 e. The lowest BCUT2D eigenvalue weighted by atomic mass is 9.86. The van der Waals surface area contributed by atoms with Crippen LogP contribution in [0.1, 0.15) is 36.5 Å². The van der Waals surface area contributed by atoms with Crippen LogP contribution in [0.3, 0.4) is 0 Å². The molecule has 152 valence electrons. The van der Waals surface area contributed by atoms with Crippen molar-refractivity contribution in [3.8, 4) is 0 Å². The van der Waals surface area contributed by atoms with Crippen molar-refractivity contribution in [3.63, 3.8) is 0 Å². The highest BCUT2D eigenvalue weighted by Crippen LogP contribution is 2.40. The molecule has 2 aromatic rings. The fourth-order valence-corrected chi connectivity index (χ4v) is 4.91. The Morgan fingerprint density at radius 1 is 1.14 bits per heavy atom. The molecule has 29 heavy (non-hydrogen) atoms. The molecular formula is C23H23FO4S. The van der Waals surface area contributed by atoms with Crippen LogP contribution in [0.5, 0.6) is 0 Å². The maximum absolute atomic E-state index is 14.4. The Labute approximate surface area is 174 Å². The highest BCUT2D eigenvalue weighted by Gasteiger charge is 2.35. The van der Waals surface area contributed by atoms with Crippen molar-refractivity contribution in [1.82, 2.24) is 0 Å². The van der Waals surface area contributed by atoms with E-state index in [2.05, 4.69) is 6.07 Å². The summed E-state index contributed by atoms with van der Waals surface area (Å²) in [5, 5.41) is 0. The maximum atomic E-state index is 14.4. The van der Waals surface area contributed by atoms with E-state index < -0.39 is 5.60 Å². The normalized spacial score (nSPS) is 17.6. The van der Waals surface area contributed by atoms with E-state index in [9.17, 15) is 9.18 Å². The zero-order valence-corrected chi connectivity index (χ0v) is 17.3. The molecule has 1 aliphatic heterocycles. The summed E-state index contributed by atoms with van der Waals surface area (Å²) in [6.45, 7) is 2.61. The summed E-state index contributed by atoms with van der Waals surface area (Å²) in [4.78, 5) is 13.1. The van der Waals surface area contributed by atoms with Crippen molar-refractivity contribution < 1.29 is 23.4 Å². The van der Waals surface area contributed by atoms with Gasteiger partial charge in [-0.2, -0.15) is 0 Å². The van der Waals surface area contributed by atoms with Crippen LogP contribution in [-0.4, -0.2) is 26.3 Å². The van der Waals surface area contributed by atoms with Crippen molar-refractivity contribution in [2.24, 2.45) is 0 Å². The van der Waals surface area contributed by atoms with Gasteiger partial charge in [-0.05, 0) is 60.0 Å². The van der Waals surface area contributed by atoms with Crippen molar-refractivity contribution in [2.75, 3.05) is 20.3 Å². The second-order valence-corrected chi connectivity index (χ2v) is 8.42. The minimum absolute atomic E-state index is 0.270. The first-order valence-corrected chi connectivity index (χ1v) is 10.4. The summed E-state index contributed by atoms with van der Waals surface area (Å²) in [6, 6.07) is 11.1. The Hall–Kier alpha value is -2.15. The maximum Gasteiger partial charge on any atom is 0.308 e. The number of hydrogen-bond acceptors (Lipinski definition) is 5. The summed E-state index contributed by atoms with van der Waals surface area (Å²) in [5.74, 6) is 0.0153. The van der Waals surface area contributed by atoms with Gasteiger partial charge in [-0.15, -0.1) is 0 Å². The third-order valence-electron chi connectivity index (χ3n) is 5.43. The first-order valence-electron chi connectivity index (χ1n) is 9.63. The third kappa shape index (κ3) is 4.25. The molecule has 0 N–H and O–H groups in total. The summed E-state index contributed by atoms with van der Waals surface area (Å²) >= 11 is 1.51. The third-order valence-corrected chi connectivity index (χ3v) is 6.39. The number of hydrogen-bond donors (Lipinski definition) is 0. The number of ether oxygens (including phenoxy) is 3. The van der Waals surface area contributed by atoms with Gasteiger partial charge in [-0.3, -0.25) is 4.79 Å². The van der Waals surface area contributed by atoms with E-state index >= 15 is 0 Å². The zero-order valence-electron chi connectivity index (χ0n) is 16.5. The van der Waals surface area contributed by atoms with Crippen LogP contribution < -0.4 is 0 Å². The van der Waals surface area contributed by atoms with E-state index in [1.165, 1.54) is 18.7 Å². The van der Waals surface area contributed by atoms with Crippen molar-refractivity contribution >= 4 is 23.5 Å². The van der Waals surface area contributed by atoms with Crippen LogP contribution in [0.25, 0.3) is 5.76 Å². The number of carbonyl (C=O) groups excluding carboxylic acids is 1. The Morgan fingerprint density at radius 2 is 1.93 bits per heavy atom. The second-order valence-electron chi connectivity index (χ2n) is 7.27. The molecule has 2 aromatic carbocycles. The smallest absolute Gasteiger partial charge is 0.308 e. The van der Waals surface area contributed by atoms with E-state index in [4.69, 9.17) is 14.2 Å². The molecule has 0 bridgehead atoms. The van der Waals surface area contributed by atoms with Gasteiger partial charge in [0.25, 0.3) is 0 Å². The molecule has 1 saturated heterocycles. The zero-order chi connectivity index (χ0) is 20.4. The van der Waals surface area contributed by atoms with E-state index in [0.29, 0.717) is 38.2 Å². The molecule has 0 atom stereocenters. The molecule has 0 saturated carbocycles. The van der Waals surface area contributed by atoms with Crippen LogP contribution >= 0.6 is 11.8 Å². The number of methoxy groups -OCH3 is 1. The Morgan fingerprint density at radius 3 is 2.66 bits per heavy atom. The fourth-order valence-electron chi connectivity index (χ4n) is 3.94. The molecular weight excluding hydrogens is 391 g/mol. The molecule has 0 amide bonds. The van der Waals surface area contributed by atoms with Gasteiger partial charge in [0.05, 0.1) is 5.60 Å². The van der Waals surface area contributed by atoms with E-state index in [1.807, 2.05) is 24.3 Å². The van der Waals surface area contributed by atoms with Gasteiger partial charge in [0.1, 0.15) is 11.6 Å². The van der Waals surface area contributed by atoms with Gasteiger partial charge in [0.15, 0.2) is 0 Å². The van der Waals surface area contributed by atoms with Crippen LogP contribution in [0.2, 0.25) is 0 Å². The predicted octanol–water partition coefficient (Wildman–Crippen LogP) is 5.09. The lowest BCUT2D eigenvalue weighted by Gasteiger charge is -2.36.